The zero-order chi connectivity index (χ0) is 22.7. The van der Waals surface area contributed by atoms with Gasteiger partial charge < -0.3 is 10.1 Å². The number of hydrogen-bond acceptors (Lipinski definition) is 4. The molecule has 0 radical (unpaired) electrons. The Balaban J connectivity index is 1.36. The SMILES string of the molecule is O=C(Nc1cnn(Cc2c(Cl)cccc2Cl)c1)c1ccn(COc2ccc(Cl)cc2Cl)n1. The van der Waals surface area contributed by atoms with E-state index in [-0.39, 0.29) is 18.3 Å². The zero-order valence-electron chi connectivity index (χ0n) is 16.3. The fraction of sp³-hybridized carbons (Fsp3) is 0.0952. The second kappa shape index (κ2) is 9.83. The van der Waals surface area contributed by atoms with Gasteiger partial charge in [-0.3, -0.25) is 9.48 Å². The number of rotatable bonds is 7. The van der Waals surface area contributed by atoms with Crippen LogP contribution >= 0.6 is 46.4 Å². The molecular formula is C21H15Cl4N5O2. The van der Waals surface area contributed by atoms with Gasteiger partial charge in [-0.2, -0.15) is 10.2 Å². The van der Waals surface area contributed by atoms with Crippen LogP contribution in [0.5, 0.6) is 5.75 Å². The lowest BCUT2D eigenvalue weighted by Crippen LogP contribution is -2.14. The van der Waals surface area contributed by atoms with Crippen LogP contribution in [0.2, 0.25) is 20.1 Å². The standard InChI is InChI=1S/C21H15Cl4N5O2/c22-13-4-5-20(18(25)8-13)32-12-29-7-6-19(28-29)21(31)27-14-9-26-30(10-14)11-15-16(23)2-1-3-17(15)24/h1-10H,11-12H2,(H,27,31). The van der Waals surface area contributed by atoms with E-state index in [1.54, 1.807) is 59.5 Å². The highest BCUT2D eigenvalue weighted by Crippen LogP contribution is 2.28. The first-order chi connectivity index (χ1) is 15.4. The third-order valence-corrected chi connectivity index (χ3v) is 5.63. The lowest BCUT2D eigenvalue weighted by Gasteiger charge is -2.08. The van der Waals surface area contributed by atoms with Crippen LogP contribution in [0.25, 0.3) is 0 Å². The minimum absolute atomic E-state index is 0.0746. The van der Waals surface area contributed by atoms with Crippen LogP contribution in [0.1, 0.15) is 16.1 Å². The smallest absolute Gasteiger partial charge is 0.276 e. The summed E-state index contributed by atoms with van der Waals surface area (Å²) in [7, 11) is 0. The molecule has 2 aromatic carbocycles. The number of anilines is 1. The van der Waals surface area contributed by atoms with Crippen LogP contribution in [0.4, 0.5) is 5.69 Å². The summed E-state index contributed by atoms with van der Waals surface area (Å²) >= 11 is 24.4. The summed E-state index contributed by atoms with van der Waals surface area (Å²) in [5.41, 5.74) is 1.48. The summed E-state index contributed by atoms with van der Waals surface area (Å²) in [6, 6.07) is 11.8. The summed E-state index contributed by atoms with van der Waals surface area (Å²) in [5, 5.41) is 13.2. The number of aromatic nitrogens is 4. The number of ether oxygens (including phenoxy) is 1. The van der Waals surface area contributed by atoms with E-state index in [4.69, 9.17) is 51.1 Å². The Bertz CT molecular complexity index is 1250. The Kier molecular flexibility index (Phi) is 6.91. The molecule has 0 fully saturated rings. The van der Waals surface area contributed by atoms with Crippen molar-refractivity contribution in [2.75, 3.05) is 5.32 Å². The van der Waals surface area contributed by atoms with Crippen LogP contribution < -0.4 is 10.1 Å². The maximum absolute atomic E-state index is 12.5. The molecule has 2 aromatic heterocycles. The van der Waals surface area contributed by atoms with Crippen LogP contribution in [0.3, 0.4) is 0 Å². The van der Waals surface area contributed by atoms with Gasteiger partial charge >= 0.3 is 0 Å². The van der Waals surface area contributed by atoms with Crippen LogP contribution in [-0.4, -0.2) is 25.5 Å². The summed E-state index contributed by atoms with van der Waals surface area (Å²) in [6.07, 6.45) is 4.84. The number of carbonyl (C=O) groups is 1. The van der Waals surface area contributed by atoms with Gasteiger partial charge in [-0.1, -0.05) is 52.5 Å². The molecule has 1 N–H and O–H groups in total. The molecule has 0 aliphatic carbocycles. The van der Waals surface area contributed by atoms with Crippen molar-refractivity contribution in [1.29, 1.82) is 0 Å². The maximum atomic E-state index is 12.5. The van der Waals surface area contributed by atoms with Gasteiger partial charge in [0.25, 0.3) is 5.91 Å². The molecule has 0 saturated heterocycles. The summed E-state index contributed by atoms with van der Waals surface area (Å²) in [5.74, 6) is 0.0761. The van der Waals surface area contributed by atoms with Crippen molar-refractivity contribution in [2.24, 2.45) is 0 Å². The molecular weight excluding hydrogens is 496 g/mol. The van der Waals surface area contributed by atoms with Crippen molar-refractivity contribution < 1.29 is 9.53 Å². The molecule has 0 bridgehead atoms. The number of amides is 1. The summed E-state index contributed by atoms with van der Waals surface area (Å²) < 4.78 is 8.72. The fourth-order valence-corrected chi connectivity index (χ4v) is 3.82. The molecule has 32 heavy (non-hydrogen) atoms. The lowest BCUT2D eigenvalue weighted by atomic mass is 10.2. The van der Waals surface area contributed by atoms with Gasteiger partial charge in [0.1, 0.15) is 5.75 Å². The number of nitrogens with one attached hydrogen (secondary N) is 1. The van der Waals surface area contributed by atoms with Gasteiger partial charge in [-0.25, -0.2) is 4.68 Å². The first-order valence-electron chi connectivity index (χ1n) is 9.27. The minimum atomic E-state index is -0.386. The fourth-order valence-electron chi connectivity index (χ4n) is 2.84. The molecule has 4 aromatic rings. The predicted molar refractivity (Wildman–Crippen MR) is 125 cm³/mol. The second-order valence-corrected chi connectivity index (χ2v) is 8.33. The van der Waals surface area contributed by atoms with Crippen molar-refractivity contribution in [3.8, 4) is 5.75 Å². The average molecular weight is 511 g/mol. The van der Waals surface area contributed by atoms with E-state index in [2.05, 4.69) is 15.5 Å². The Morgan fingerprint density at radius 2 is 1.78 bits per heavy atom. The van der Waals surface area contributed by atoms with Gasteiger partial charge in [0, 0.05) is 33.0 Å². The average Bonchev–Trinajstić information content (AvgIpc) is 3.40. The van der Waals surface area contributed by atoms with Gasteiger partial charge in [-0.05, 0) is 36.4 Å². The summed E-state index contributed by atoms with van der Waals surface area (Å²) in [6.45, 7) is 0.443. The highest BCUT2D eigenvalue weighted by molar-refractivity contribution is 6.36. The molecule has 0 aliphatic heterocycles. The van der Waals surface area contributed by atoms with Gasteiger partial charge in [-0.15, -0.1) is 0 Å². The predicted octanol–water partition coefficient (Wildman–Crippen LogP) is 6.03. The number of halogens is 4. The number of nitrogens with zero attached hydrogens (tertiary/aromatic N) is 4. The molecule has 0 atom stereocenters. The number of carbonyl (C=O) groups excluding carboxylic acids is 1. The van der Waals surface area contributed by atoms with E-state index in [0.29, 0.717) is 38.1 Å². The first kappa shape index (κ1) is 22.5. The monoisotopic (exact) mass is 509 g/mol. The van der Waals surface area contributed by atoms with Crippen molar-refractivity contribution in [3.05, 3.63) is 92.4 Å². The van der Waals surface area contributed by atoms with E-state index in [0.717, 1.165) is 5.56 Å². The molecule has 7 nitrogen and oxygen atoms in total. The molecule has 11 heteroatoms. The second-order valence-electron chi connectivity index (χ2n) is 6.67. The largest absolute Gasteiger partial charge is 0.470 e. The highest BCUT2D eigenvalue weighted by Gasteiger charge is 2.13. The molecule has 164 valence electrons. The number of hydrogen-bond donors (Lipinski definition) is 1. The minimum Gasteiger partial charge on any atom is -0.470 e. The maximum Gasteiger partial charge on any atom is 0.276 e. The zero-order valence-corrected chi connectivity index (χ0v) is 19.3. The van der Waals surface area contributed by atoms with E-state index in [1.807, 2.05) is 0 Å². The van der Waals surface area contributed by atoms with Crippen molar-refractivity contribution >= 4 is 58.0 Å². The Labute approximate surface area is 203 Å². The van der Waals surface area contributed by atoms with Crippen molar-refractivity contribution in [1.82, 2.24) is 19.6 Å². The molecule has 0 spiro atoms. The van der Waals surface area contributed by atoms with E-state index in [9.17, 15) is 4.79 Å². The molecule has 0 aliphatic rings. The lowest BCUT2D eigenvalue weighted by molar-refractivity contribution is 0.102. The van der Waals surface area contributed by atoms with Gasteiger partial charge in [0.05, 0.1) is 23.5 Å². The van der Waals surface area contributed by atoms with E-state index >= 15 is 0 Å². The molecule has 2 heterocycles. The normalized spacial score (nSPS) is 10.9. The molecule has 4 rings (SSSR count). The van der Waals surface area contributed by atoms with Crippen LogP contribution in [0.15, 0.2) is 61.1 Å². The summed E-state index contributed by atoms with van der Waals surface area (Å²) in [4.78, 5) is 12.5. The quantitative estimate of drug-likeness (QED) is 0.329. The molecule has 1 amide bonds. The van der Waals surface area contributed by atoms with Crippen molar-refractivity contribution in [2.45, 2.75) is 13.3 Å². The van der Waals surface area contributed by atoms with Gasteiger partial charge in [0.15, 0.2) is 12.4 Å². The van der Waals surface area contributed by atoms with Gasteiger partial charge in [0.2, 0.25) is 0 Å². The Hall–Kier alpha value is -2.71. The Morgan fingerprint density at radius 3 is 2.53 bits per heavy atom. The molecule has 0 saturated carbocycles. The topological polar surface area (TPSA) is 74.0 Å². The van der Waals surface area contributed by atoms with E-state index in [1.165, 1.54) is 10.9 Å². The molecule has 0 unspecified atom stereocenters. The van der Waals surface area contributed by atoms with Crippen LogP contribution in [-0.2, 0) is 13.3 Å². The third kappa shape index (κ3) is 5.37. The Morgan fingerprint density at radius 1 is 1.00 bits per heavy atom. The third-order valence-electron chi connectivity index (χ3n) is 4.39. The van der Waals surface area contributed by atoms with E-state index < -0.39 is 0 Å². The first-order valence-corrected chi connectivity index (χ1v) is 10.8. The number of benzene rings is 2. The van der Waals surface area contributed by atoms with Crippen molar-refractivity contribution in [3.63, 3.8) is 0 Å². The van der Waals surface area contributed by atoms with Crippen LogP contribution in [0, 0.1) is 0 Å². The highest BCUT2D eigenvalue weighted by atomic mass is 35.5.